The Bertz CT molecular complexity index is 709. The Morgan fingerprint density at radius 3 is 2.59 bits per heavy atom. The minimum Gasteiger partial charge on any atom is -0.481 e. The number of aliphatic hydroxyl groups excluding tert-OH is 1. The van der Waals surface area contributed by atoms with Crippen molar-refractivity contribution in [3.05, 3.63) is 42.5 Å². The number of carbonyl (C=O) groups is 1. The van der Waals surface area contributed by atoms with E-state index in [9.17, 15) is 9.90 Å². The first kappa shape index (κ1) is 25.0. The molecule has 2 bridgehead atoms. The van der Waals surface area contributed by atoms with Gasteiger partial charge in [-0.15, -0.1) is 0 Å². The molecule has 1 aromatic rings. The van der Waals surface area contributed by atoms with Gasteiger partial charge in [0.2, 0.25) is 0 Å². The first-order chi connectivity index (χ1) is 15.6. The third-order valence-electron chi connectivity index (χ3n) is 6.87. The second kappa shape index (κ2) is 13.2. The summed E-state index contributed by atoms with van der Waals surface area (Å²) in [5.74, 6) is -0.101. The number of hydrogen-bond donors (Lipinski definition) is 2. The molecule has 1 aliphatic carbocycles. The second-order valence-electron chi connectivity index (χ2n) is 9.36. The molecule has 0 amide bonds. The molecule has 0 radical (unpaired) electrons. The summed E-state index contributed by atoms with van der Waals surface area (Å²) in [5.41, 5.74) is 1.05. The van der Waals surface area contributed by atoms with E-state index in [0.29, 0.717) is 5.92 Å². The quantitative estimate of drug-likeness (QED) is 0.248. The predicted molar refractivity (Wildman–Crippen MR) is 128 cm³/mol. The van der Waals surface area contributed by atoms with Gasteiger partial charge in [0.25, 0.3) is 0 Å². The van der Waals surface area contributed by atoms with Gasteiger partial charge in [0.15, 0.2) is 0 Å². The van der Waals surface area contributed by atoms with Gasteiger partial charge in [-0.05, 0) is 37.1 Å². The van der Waals surface area contributed by atoms with Gasteiger partial charge < -0.3 is 19.5 Å². The maximum absolute atomic E-state index is 10.7. The normalized spacial score (nSPS) is 26.0. The molecule has 5 atom stereocenters. The molecule has 6 heteroatoms. The standard InChI is InChI=1S/C26H39BO5/c1-2-3-7-14-21(28)17-18-23-22(15-10-4-5-11-16-26(29)30)24-19-25(23)32-27(31-24)20-12-8-6-9-13-20/h6,8-9,12-13,17-18,21-25,28H,2-5,7,10-11,14-16,19H2,1H3,(H,29,30)/b18-17+/t21-,22+,23+,24-,25+/m0/s1. The molecular weight excluding hydrogens is 403 g/mol. The number of carboxylic acid groups (broad SMARTS) is 1. The van der Waals surface area contributed by atoms with E-state index in [1.54, 1.807) is 0 Å². The van der Waals surface area contributed by atoms with Crippen molar-refractivity contribution in [1.29, 1.82) is 0 Å². The summed E-state index contributed by atoms with van der Waals surface area (Å²) in [6, 6.07) is 10.1. The van der Waals surface area contributed by atoms with E-state index in [1.165, 1.54) is 0 Å². The van der Waals surface area contributed by atoms with Gasteiger partial charge in [-0.3, -0.25) is 4.79 Å². The Hall–Kier alpha value is -1.63. The zero-order valence-electron chi connectivity index (χ0n) is 19.4. The number of benzene rings is 1. The lowest BCUT2D eigenvalue weighted by Crippen LogP contribution is -2.45. The molecule has 0 unspecified atom stereocenters. The van der Waals surface area contributed by atoms with E-state index in [-0.39, 0.29) is 31.7 Å². The minimum atomic E-state index is -0.713. The predicted octanol–water partition coefficient (Wildman–Crippen LogP) is 4.72. The van der Waals surface area contributed by atoms with Crippen molar-refractivity contribution in [1.82, 2.24) is 0 Å². The van der Waals surface area contributed by atoms with Crippen molar-refractivity contribution < 1.29 is 24.3 Å². The van der Waals surface area contributed by atoms with Crippen LogP contribution in [0.1, 0.15) is 77.6 Å². The number of fused-ring (bicyclic) bond motifs is 2. The molecule has 1 heterocycles. The molecule has 1 aromatic carbocycles. The molecule has 3 rings (SSSR count). The molecule has 2 aliphatic rings. The molecule has 2 N–H and O–H groups in total. The molecule has 0 spiro atoms. The number of carboxylic acids is 1. The monoisotopic (exact) mass is 442 g/mol. The van der Waals surface area contributed by atoms with Crippen molar-refractivity contribution >= 4 is 18.6 Å². The summed E-state index contributed by atoms with van der Waals surface area (Å²) in [5, 5.41) is 19.2. The van der Waals surface area contributed by atoms with Gasteiger partial charge in [-0.2, -0.15) is 0 Å². The molecule has 176 valence electrons. The van der Waals surface area contributed by atoms with Gasteiger partial charge in [0, 0.05) is 18.4 Å². The van der Waals surface area contributed by atoms with Crippen LogP contribution in [0.3, 0.4) is 0 Å². The van der Waals surface area contributed by atoms with Crippen LogP contribution in [0, 0.1) is 11.8 Å². The third kappa shape index (κ3) is 7.46. The van der Waals surface area contributed by atoms with Crippen LogP contribution >= 0.6 is 0 Å². The Morgan fingerprint density at radius 2 is 1.84 bits per heavy atom. The molecule has 1 saturated carbocycles. The molecule has 2 fully saturated rings. The summed E-state index contributed by atoms with van der Waals surface area (Å²) in [6.07, 6.45) is 14.2. The Morgan fingerprint density at radius 1 is 1.09 bits per heavy atom. The second-order valence-corrected chi connectivity index (χ2v) is 9.36. The van der Waals surface area contributed by atoms with Crippen LogP contribution in [0.2, 0.25) is 0 Å². The van der Waals surface area contributed by atoms with Crippen LogP contribution in [0.25, 0.3) is 0 Å². The summed E-state index contributed by atoms with van der Waals surface area (Å²) in [6.45, 7) is 2.17. The van der Waals surface area contributed by atoms with Crippen molar-refractivity contribution in [3.63, 3.8) is 0 Å². The Labute approximate surface area is 193 Å². The molecule has 1 aliphatic heterocycles. The zero-order chi connectivity index (χ0) is 22.8. The lowest BCUT2D eigenvalue weighted by Gasteiger charge is -2.28. The number of unbranched alkanes of at least 4 members (excludes halogenated alkanes) is 5. The van der Waals surface area contributed by atoms with Crippen LogP contribution < -0.4 is 5.46 Å². The fourth-order valence-electron chi connectivity index (χ4n) is 5.12. The Balaban J connectivity index is 1.60. The number of rotatable bonds is 14. The lowest BCUT2D eigenvalue weighted by molar-refractivity contribution is -0.137. The van der Waals surface area contributed by atoms with Crippen LogP contribution in [0.15, 0.2) is 42.5 Å². The molecule has 5 nitrogen and oxygen atoms in total. The molecule has 32 heavy (non-hydrogen) atoms. The summed E-state index contributed by atoms with van der Waals surface area (Å²) >= 11 is 0. The van der Waals surface area contributed by atoms with Crippen molar-refractivity contribution in [2.24, 2.45) is 11.8 Å². The fraction of sp³-hybridized carbons (Fsp3) is 0.654. The van der Waals surface area contributed by atoms with Gasteiger partial charge in [0.1, 0.15) is 0 Å². The first-order valence-electron chi connectivity index (χ1n) is 12.5. The number of aliphatic hydroxyl groups is 1. The van der Waals surface area contributed by atoms with E-state index in [4.69, 9.17) is 14.4 Å². The maximum atomic E-state index is 10.7. The SMILES string of the molecule is CCCCC[C@H](O)/C=C/[C@@H]1[C@@H](CCCCCCC(=O)O)[C@@H]2C[C@H]1OB(c1ccccc1)O2. The van der Waals surface area contributed by atoms with Crippen molar-refractivity contribution in [3.8, 4) is 0 Å². The highest BCUT2D eigenvalue weighted by Crippen LogP contribution is 2.44. The van der Waals surface area contributed by atoms with Crippen LogP contribution in [-0.2, 0) is 14.1 Å². The van der Waals surface area contributed by atoms with E-state index < -0.39 is 12.1 Å². The molecule has 1 saturated heterocycles. The van der Waals surface area contributed by atoms with Crippen LogP contribution in [0.4, 0.5) is 0 Å². The highest BCUT2D eigenvalue weighted by atomic mass is 16.6. The van der Waals surface area contributed by atoms with Gasteiger partial charge in [-0.1, -0.05) is 87.9 Å². The third-order valence-corrected chi connectivity index (χ3v) is 6.87. The van der Waals surface area contributed by atoms with Crippen LogP contribution in [-0.4, -0.2) is 41.6 Å². The summed E-state index contributed by atoms with van der Waals surface area (Å²) in [4.78, 5) is 10.7. The summed E-state index contributed by atoms with van der Waals surface area (Å²) in [7, 11) is -0.328. The van der Waals surface area contributed by atoms with Crippen molar-refractivity contribution in [2.45, 2.75) is 95.9 Å². The van der Waals surface area contributed by atoms with Gasteiger partial charge in [-0.25, -0.2) is 0 Å². The molecular formula is C26H39BO5. The zero-order valence-corrected chi connectivity index (χ0v) is 19.4. The van der Waals surface area contributed by atoms with Gasteiger partial charge >= 0.3 is 13.1 Å². The van der Waals surface area contributed by atoms with Crippen molar-refractivity contribution in [2.75, 3.05) is 0 Å². The van der Waals surface area contributed by atoms with Crippen LogP contribution in [0.5, 0.6) is 0 Å². The smallest absolute Gasteiger partial charge is 0.481 e. The fourth-order valence-corrected chi connectivity index (χ4v) is 5.12. The van der Waals surface area contributed by atoms with E-state index in [0.717, 1.165) is 69.7 Å². The van der Waals surface area contributed by atoms with E-state index in [2.05, 4.69) is 25.1 Å². The highest BCUT2D eigenvalue weighted by molar-refractivity contribution is 6.61. The van der Waals surface area contributed by atoms with Gasteiger partial charge in [0.05, 0.1) is 12.2 Å². The largest absolute Gasteiger partial charge is 0.494 e. The number of aliphatic carboxylic acids is 1. The number of hydrogen-bond acceptors (Lipinski definition) is 4. The topological polar surface area (TPSA) is 76.0 Å². The summed E-state index contributed by atoms with van der Waals surface area (Å²) < 4.78 is 12.8. The van der Waals surface area contributed by atoms with E-state index >= 15 is 0 Å². The first-order valence-corrected chi connectivity index (χ1v) is 12.5. The maximum Gasteiger partial charge on any atom is 0.494 e. The lowest BCUT2D eigenvalue weighted by atomic mass is 9.77. The Kier molecular flexibility index (Phi) is 10.3. The average molecular weight is 442 g/mol. The molecule has 0 aromatic heterocycles. The highest BCUT2D eigenvalue weighted by Gasteiger charge is 2.50. The average Bonchev–Trinajstić information content (AvgIpc) is 3.03. The minimum absolute atomic E-state index is 0.107. The van der Waals surface area contributed by atoms with E-state index in [1.807, 2.05) is 24.3 Å².